The van der Waals surface area contributed by atoms with Crippen LogP contribution >= 0.6 is 0 Å². The lowest BCUT2D eigenvalue weighted by Gasteiger charge is -2.41. The molecule has 1 aliphatic heterocycles. The number of aryl methyl sites for hydroxylation is 1. The Kier molecular flexibility index (Phi) is 4.51. The maximum atomic E-state index is 10.9. The van der Waals surface area contributed by atoms with E-state index in [1.807, 2.05) is 12.1 Å². The summed E-state index contributed by atoms with van der Waals surface area (Å²) in [6, 6.07) is 6.97. The largest absolute Gasteiger partial charge is 0.497 e. The summed E-state index contributed by atoms with van der Waals surface area (Å²) in [6.45, 7) is 3.45. The first-order valence-corrected chi connectivity index (χ1v) is 8.31. The predicted molar refractivity (Wildman–Crippen MR) is 84.7 cm³/mol. The van der Waals surface area contributed by atoms with Gasteiger partial charge >= 0.3 is 0 Å². The quantitative estimate of drug-likeness (QED) is 0.906. The lowest BCUT2D eigenvalue weighted by molar-refractivity contribution is 0.0170. The van der Waals surface area contributed by atoms with Gasteiger partial charge in [0, 0.05) is 12.1 Å². The van der Waals surface area contributed by atoms with Crippen molar-refractivity contribution >= 4 is 0 Å². The van der Waals surface area contributed by atoms with Crippen LogP contribution in [0, 0.1) is 0 Å². The number of benzene rings is 1. The van der Waals surface area contributed by atoms with E-state index in [1.165, 1.54) is 31.2 Å². The third-order valence-electron chi connectivity index (χ3n) is 5.27. The summed E-state index contributed by atoms with van der Waals surface area (Å²) in [7, 11) is 1.70. The van der Waals surface area contributed by atoms with Gasteiger partial charge in [-0.3, -0.25) is 4.90 Å². The molecule has 0 radical (unpaired) electrons. The van der Waals surface area contributed by atoms with Crippen molar-refractivity contribution in [2.24, 2.45) is 0 Å². The molecule has 1 fully saturated rings. The summed E-state index contributed by atoms with van der Waals surface area (Å²) in [5.41, 5.74) is 2.35. The summed E-state index contributed by atoms with van der Waals surface area (Å²) in [6.07, 6.45) is 6.91. The second kappa shape index (κ2) is 6.37. The Morgan fingerprint density at radius 1 is 1.19 bits per heavy atom. The SMILES string of the molecule is COc1ccc2c(c1)CCC(N1CCCCCC1C)C2O. The summed E-state index contributed by atoms with van der Waals surface area (Å²) < 4.78 is 5.30. The highest BCUT2D eigenvalue weighted by atomic mass is 16.5. The molecule has 1 heterocycles. The number of methoxy groups -OCH3 is 1. The van der Waals surface area contributed by atoms with E-state index in [0.29, 0.717) is 6.04 Å². The van der Waals surface area contributed by atoms with Crippen LogP contribution < -0.4 is 4.74 Å². The van der Waals surface area contributed by atoms with Gasteiger partial charge in [-0.1, -0.05) is 18.9 Å². The Balaban J connectivity index is 1.82. The van der Waals surface area contributed by atoms with Crippen LogP contribution in [0.25, 0.3) is 0 Å². The number of aliphatic hydroxyl groups is 1. The molecule has 3 nitrogen and oxygen atoms in total. The van der Waals surface area contributed by atoms with Gasteiger partial charge in [-0.2, -0.15) is 0 Å². The fourth-order valence-corrected chi connectivity index (χ4v) is 4.02. The van der Waals surface area contributed by atoms with E-state index in [9.17, 15) is 5.11 Å². The van der Waals surface area contributed by atoms with Gasteiger partial charge in [0.1, 0.15) is 5.75 Å². The maximum absolute atomic E-state index is 10.9. The van der Waals surface area contributed by atoms with Gasteiger partial charge in [0.25, 0.3) is 0 Å². The minimum absolute atomic E-state index is 0.277. The smallest absolute Gasteiger partial charge is 0.119 e. The van der Waals surface area contributed by atoms with Gasteiger partial charge in [-0.15, -0.1) is 0 Å². The van der Waals surface area contributed by atoms with Crippen molar-refractivity contribution in [3.63, 3.8) is 0 Å². The molecular weight excluding hydrogens is 262 g/mol. The number of likely N-dealkylation sites (tertiary alicyclic amines) is 1. The second-order valence-electron chi connectivity index (χ2n) is 6.55. The minimum atomic E-state index is -0.361. The normalized spacial score (nSPS) is 30.5. The first-order valence-electron chi connectivity index (χ1n) is 8.31. The van der Waals surface area contributed by atoms with Crippen molar-refractivity contribution < 1.29 is 9.84 Å². The summed E-state index contributed by atoms with van der Waals surface area (Å²) >= 11 is 0. The van der Waals surface area contributed by atoms with Gasteiger partial charge in [-0.05, 0) is 62.4 Å². The van der Waals surface area contributed by atoms with E-state index < -0.39 is 0 Å². The number of rotatable bonds is 2. The molecule has 1 N–H and O–H groups in total. The molecule has 1 aromatic carbocycles. The van der Waals surface area contributed by atoms with Crippen LogP contribution in [0.3, 0.4) is 0 Å². The van der Waals surface area contributed by atoms with E-state index in [2.05, 4.69) is 17.9 Å². The average Bonchev–Trinajstić information content (AvgIpc) is 2.72. The molecule has 0 saturated carbocycles. The first-order chi connectivity index (χ1) is 10.2. The van der Waals surface area contributed by atoms with Crippen LogP contribution in [0.2, 0.25) is 0 Å². The zero-order valence-electron chi connectivity index (χ0n) is 13.2. The van der Waals surface area contributed by atoms with Gasteiger partial charge in [0.05, 0.1) is 13.2 Å². The highest BCUT2D eigenvalue weighted by molar-refractivity contribution is 5.39. The molecule has 3 rings (SSSR count). The van der Waals surface area contributed by atoms with Crippen LogP contribution in [-0.4, -0.2) is 35.7 Å². The van der Waals surface area contributed by atoms with Crippen LogP contribution in [-0.2, 0) is 6.42 Å². The highest BCUT2D eigenvalue weighted by Gasteiger charge is 2.34. The number of fused-ring (bicyclic) bond motifs is 1. The van der Waals surface area contributed by atoms with Crippen molar-refractivity contribution in [3.05, 3.63) is 29.3 Å². The highest BCUT2D eigenvalue weighted by Crippen LogP contribution is 2.36. The predicted octanol–water partition coefficient (Wildman–Crippen LogP) is 3.31. The molecule has 1 aromatic rings. The summed E-state index contributed by atoms with van der Waals surface area (Å²) in [4.78, 5) is 2.56. The molecule has 0 aromatic heterocycles. The van der Waals surface area contributed by atoms with Gasteiger partial charge in [-0.25, -0.2) is 0 Å². The fourth-order valence-electron chi connectivity index (χ4n) is 4.02. The Morgan fingerprint density at radius 3 is 2.86 bits per heavy atom. The molecule has 0 spiro atoms. The zero-order chi connectivity index (χ0) is 14.8. The molecule has 3 heteroatoms. The van der Waals surface area contributed by atoms with Crippen LogP contribution in [0.5, 0.6) is 5.75 Å². The van der Waals surface area contributed by atoms with Crippen LogP contribution in [0.4, 0.5) is 0 Å². The molecule has 0 bridgehead atoms. The third kappa shape index (κ3) is 2.95. The number of hydrogen-bond acceptors (Lipinski definition) is 3. The van der Waals surface area contributed by atoms with E-state index in [0.717, 1.165) is 30.7 Å². The molecule has 21 heavy (non-hydrogen) atoms. The van der Waals surface area contributed by atoms with Gasteiger partial charge < -0.3 is 9.84 Å². The average molecular weight is 289 g/mol. The van der Waals surface area contributed by atoms with Crippen molar-refractivity contribution in [3.8, 4) is 5.75 Å². The number of nitrogens with zero attached hydrogens (tertiary/aromatic N) is 1. The molecular formula is C18H27NO2. The molecule has 2 aliphatic rings. The maximum Gasteiger partial charge on any atom is 0.119 e. The molecule has 1 aliphatic carbocycles. The monoisotopic (exact) mass is 289 g/mol. The van der Waals surface area contributed by atoms with E-state index in [4.69, 9.17) is 4.74 Å². The third-order valence-corrected chi connectivity index (χ3v) is 5.27. The Bertz CT molecular complexity index is 488. The molecule has 116 valence electrons. The molecule has 3 unspecified atom stereocenters. The Hall–Kier alpha value is -1.06. The Morgan fingerprint density at radius 2 is 2.05 bits per heavy atom. The lowest BCUT2D eigenvalue weighted by atomic mass is 9.84. The molecule has 3 atom stereocenters. The second-order valence-corrected chi connectivity index (χ2v) is 6.55. The van der Waals surface area contributed by atoms with Crippen molar-refractivity contribution in [1.82, 2.24) is 4.90 Å². The molecule has 0 amide bonds. The van der Waals surface area contributed by atoms with Gasteiger partial charge in [0.15, 0.2) is 0 Å². The summed E-state index contributed by atoms with van der Waals surface area (Å²) in [5.74, 6) is 0.891. The van der Waals surface area contributed by atoms with E-state index in [1.54, 1.807) is 7.11 Å². The standard InChI is InChI=1S/C18H27NO2/c1-13-6-4-3-5-11-19(13)17-10-7-14-12-15(21-2)8-9-16(14)18(17)20/h8-9,12-13,17-18,20H,3-7,10-11H2,1-2H3. The first kappa shape index (κ1) is 14.9. The van der Waals surface area contributed by atoms with Crippen molar-refractivity contribution in [2.75, 3.05) is 13.7 Å². The van der Waals surface area contributed by atoms with E-state index in [-0.39, 0.29) is 12.1 Å². The fraction of sp³-hybridized carbons (Fsp3) is 0.667. The number of aliphatic hydroxyl groups excluding tert-OH is 1. The number of hydrogen-bond donors (Lipinski definition) is 1. The Labute approximate surface area is 127 Å². The van der Waals surface area contributed by atoms with Crippen LogP contribution in [0.15, 0.2) is 18.2 Å². The topological polar surface area (TPSA) is 32.7 Å². The number of ether oxygens (including phenoxy) is 1. The molecule has 1 saturated heterocycles. The van der Waals surface area contributed by atoms with Crippen molar-refractivity contribution in [2.45, 2.75) is 63.6 Å². The van der Waals surface area contributed by atoms with Crippen LogP contribution in [0.1, 0.15) is 56.3 Å². The van der Waals surface area contributed by atoms with E-state index >= 15 is 0 Å². The lowest BCUT2D eigenvalue weighted by Crippen LogP contribution is -2.46. The zero-order valence-corrected chi connectivity index (χ0v) is 13.2. The van der Waals surface area contributed by atoms with Gasteiger partial charge in [0.2, 0.25) is 0 Å². The minimum Gasteiger partial charge on any atom is -0.497 e. The summed E-state index contributed by atoms with van der Waals surface area (Å²) in [5, 5.41) is 10.9. The van der Waals surface area contributed by atoms with Crippen molar-refractivity contribution in [1.29, 1.82) is 0 Å².